The Morgan fingerprint density at radius 2 is 2.00 bits per heavy atom. The third-order valence-electron chi connectivity index (χ3n) is 4.35. The summed E-state index contributed by atoms with van der Waals surface area (Å²) in [6, 6.07) is -0.0128. The minimum Gasteiger partial charge on any atom is -0.351 e. The Labute approximate surface area is 145 Å². The molecule has 0 saturated heterocycles. The van der Waals surface area contributed by atoms with Crippen LogP contribution in [0.3, 0.4) is 0 Å². The average molecular weight is 366 g/mol. The molecule has 0 aromatic carbocycles. The van der Waals surface area contributed by atoms with Crippen LogP contribution in [0, 0.1) is 5.92 Å². The van der Waals surface area contributed by atoms with Gasteiger partial charge in [-0.3, -0.25) is 4.79 Å². The van der Waals surface area contributed by atoms with Gasteiger partial charge in [0, 0.05) is 19.1 Å². The third kappa shape index (κ3) is 7.65. The van der Waals surface area contributed by atoms with Crippen molar-refractivity contribution in [3.8, 4) is 0 Å². The fourth-order valence-corrected chi connectivity index (χ4v) is 4.21. The van der Waals surface area contributed by atoms with Crippen LogP contribution >= 0.6 is 12.4 Å². The fourth-order valence-electron chi connectivity index (χ4n) is 2.94. The monoisotopic (exact) mass is 365 g/mol. The molecule has 0 atom stereocenters. The van der Waals surface area contributed by atoms with Crippen molar-refractivity contribution in [2.75, 3.05) is 25.4 Å². The predicted molar refractivity (Wildman–Crippen MR) is 94.2 cm³/mol. The quantitative estimate of drug-likeness (QED) is 0.611. The van der Waals surface area contributed by atoms with Crippen LogP contribution in [0.25, 0.3) is 0 Å². The lowest BCUT2D eigenvalue weighted by atomic mass is 9.88. The van der Waals surface area contributed by atoms with Gasteiger partial charge in [0.2, 0.25) is 15.9 Å². The number of amides is 1. The molecule has 8 heteroatoms. The Bertz CT molecular complexity index is 514. The van der Waals surface area contributed by atoms with Crippen molar-refractivity contribution >= 4 is 28.3 Å². The van der Waals surface area contributed by atoms with Gasteiger partial charge in [0.1, 0.15) is 5.75 Å². The molecule has 0 aromatic rings. The van der Waals surface area contributed by atoms with Crippen LogP contribution in [0.1, 0.15) is 39.0 Å². The standard InChI is InChI=1S/C15H27N3O3S.ClH/c1-12-2-4-14(5-3-12)18-22(20,21)11-15(19)17-10-13-6-8-16-9-7-13;/h6,12,14,16,18H,2-5,7-11H2,1H3,(H,17,19);1H. The van der Waals surface area contributed by atoms with E-state index in [1.807, 2.05) is 6.08 Å². The molecule has 1 amide bonds. The summed E-state index contributed by atoms with van der Waals surface area (Å²) in [5.41, 5.74) is 1.15. The van der Waals surface area contributed by atoms with Crippen LogP contribution in [0.4, 0.5) is 0 Å². The van der Waals surface area contributed by atoms with E-state index >= 15 is 0 Å². The number of nitrogens with one attached hydrogen (secondary N) is 3. The molecule has 1 saturated carbocycles. The summed E-state index contributed by atoms with van der Waals surface area (Å²) in [5, 5.41) is 5.89. The average Bonchev–Trinajstić information content (AvgIpc) is 2.48. The Balaban J connectivity index is 0.00000264. The summed E-state index contributed by atoms with van der Waals surface area (Å²) in [4.78, 5) is 11.8. The van der Waals surface area contributed by atoms with Crippen molar-refractivity contribution < 1.29 is 13.2 Å². The summed E-state index contributed by atoms with van der Waals surface area (Å²) in [7, 11) is -3.54. The molecule has 3 N–H and O–H groups in total. The van der Waals surface area contributed by atoms with Crippen molar-refractivity contribution in [3.63, 3.8) is 0 Å². The molecule has 134 valence electrons. The lowest BCUT2D eigenvalue weighted by Crippen LogP contribution is -2.42. The Morgan fingerprint density at radius 3 is 2.61 bits per heavy atom. The highest BCUT2D eigenvalue weighted by Gasteiger charge is 2.24. The Kier molecular flexibility index (Phi) is 8.53. The summed E-state index contributed by atoms with van der Waals surface area (Å²) in [6.07, 6.45) is 6.75. The van der Waals surface area contributed by atoms with E-state index in [2.05, 4.69) is 22.3 Å². The normalized spacial score (nSPS) is 25.2. The maximum atomic E-state index is 12.0. The van der Waals surface area contributed by atoms with Gasteiger partial charge in [-0.05, 0) is 44.6 Å². The second-order valence-corrected chi connectivity index (χ2v) is 8.18. The zero-order valence-electron chi connectivity index (χ0n) is 13.6. The fraction of sp³-hybridized carbons (Fsp3) is 0.800. The molecular formula is C15H28ClN3O3S. The van der Waals surface area contributed by atoms with Crippen LogP contribution in [-0.2, 0) is 14.8 Å². The summed E-state index contributed by atoms with van der Waals surface area (Å²) >= 11 is 0. The Hall–Kier alpha value is -0.630. The van der Waals surface area contributed by atoms with Crippen LogP contribution < -0.4 is 15.4 Å². The largest absolute Gasteiger partial charge is 0.351 e. The second kappa shape index (κ2) is 9.61. The molecule has 0 unspecified atom stereocenters. The molecular weight excluding hydrogens is 338 g/mol. The van der Waals surface area contributed by atoms with E-state index in [0.717, 1.165) is 50.8 Å². The molecule has 2 rings (SSSR count). The van der Waals surface area contributed by atoms with E-state index in [-0.39, 0.29) is 18.4 Å². The highest BCUT2D eigenvalue weighted by molar-refractivity contribution is 7.90. The molecule has 2 aliphatic rings. The van der Waals surface area contributed by atoms with Crippen LogP contribution in [0.5, 0.6) is 0 Å². The van der Waals surface area contributed by atoms with Crippen molar-refractivity contribution in [2.45, 2.75) is 45.1 Å². The molecule has 1 heterocycles. The molecule has 6 nitrogen and oxygen atoms in total. The van der Waals surface area contributed by atoms with E-state index in [1.54, 1.807) is 0 Å². The van der Waals surface area contributed by atoms with Gasteiger partial charge in [-0.25, -0.2) is 13.1 Å². The van der Waals surface area contributed by atoms with Crippen LogP contribution in [-0.4, -0.2) is 45.8 Å². The molecule has 1 aliphatic carbocycles. The van der Waals surface area contributed by atoms with E-state index in [1.165, 1.54) is 0 Å². The lowest BCUT2D eigenvalue weighted by molar-refractivity contribution is -0.118. The van der Waals surface area contributed by atoms with Gasteiger partial charge in [0.05, 0.1) is 0 Å². The van der Waals surface area contributed by atoms with Crippen LogP contribution in [0.15, 0.2) is 11.6 Å². The highest BCUT2D eigenvalue weighted by atomic mass is 35.5. The topological polar surface area (TPSA) is 87.3 Å². The third-order valence-corrected chi connectivity index (χ3v) is 5.69. The van der Waals surface area contributed by atoms with Crippen molar-refractivity contribution in [1.29, 1.82) is 0 Å². The maximum Gasteiger partial charge on any atom is 0.236 e. The van der Waals surface area contributed by atoms with Gasteiger partial charge in [0.25, 0.3) is 0 Å². The molecule has 0 radical (unpaired) electrons. The molecule has 0 bridgehead atoms. The van der Waals surface area contributed by atoms with Gasteiger partial charge in [0.15, 0.2) is 0 Å². The number of hydrogen-bond acceptors (Lipinski definition) is 4. The lowest BCUT2D eigenvalue weighted by Gasteiger charge is -2.26. The zero-order chi connectivity index (χ0) is 16.0. The SMILES string of the molecule is CC1CCC(NS(=O)(=O)CC(=O)NCC2=CCNCC2)CC1.Cl. The van der Waals surface area contributed by atoms with E-state index in [9.17, 15) is 13.2 Å². The number of carbonyl (C=O) groups is 1. The number of sulfonamides is 1. The summed E-state index contributed by atoms with van der Waals surface area (Å²) in [5.74, 6) is -0.247. The van der Waals surface area contributed by atoms with Crippen molar-refractivity contribution in [1.82, 2.24) is 15.4 Å². The molecule has 23 heavy (non-hydrogen) atoms. The number of halogens is 1. The zero-order valence-corrected chi connectivity index (χ0v) is 15.3. The van der Waals surface area contributed by atoms with Crippen molar-refractivity contribution in [3.05, 3.63) is 11.6 Å². The molecule has 1 aliphatic heterocycles. The molecule has 1 fully saturated rings. The van der Waals surface area contributed by atoms with E-state index in [4.69, 9.17) is 0 Å². The first-order chi connectivity index (χ1) is 10.4. The molecule has 0 aromatic heterocycles. The van der Waals surface area contributed by atoms with E-state index < -0.39 is 21.7 Å². The first kappa shape index (κ1) is 20.4. The predicted octanol–water partition coefficient (Wildman–Crippen LogP) is 0.942. The summed E-state index contributed by atoms with van der Waals surface area (Å²) < 4.78 is 26.8. The first-order valence-electron chi connectivity index (χ1n) is 8.10. The number of rotatable bonds is 6. The van der Waals surface area contributed by atoms with Crippen molar-refractivity contribution in [2.24, 2.45) is 5.92 Å². The van der Waals surface area contributed by atoms with Crippen LogP contribution in [0.2, 0.25) is 0 Å². The van der Waals surface area contributed by atoms with E-state index in [0.29, 0.717) is 12.5 Å². The number of hydrogen-bond donors (Lipinski definition) is 3. The van der Waals surface area contributed by atoms with Gasteiger partial charge in [-0.1, -0.05) is 18.6 Å². The highest BCUT2D eigenvalue weighted by Crippen LogP contribution is 2.23. The Morgan fingerprint density at radius 1 is 1.30 bits per heavy atom. The minimum atomic E-state index is -3.54. The van der Waals surface area contributed by atoms with Gasteiger partial charge in [-0.15, -0.1) is 12.4 Å². The smallest absolute Gasteiger partial charge is 0.236 e. The first-order valence-corrected chi connectivity index (χ1v) is 9.75. The second-order valence-electron chi connectivity index (χ2n) is 6.43. The number of carbonyl (C=O) groups excluding carboxylic acids is 1. The maximum absolute atomic E-state index is 12.0. The minimum absolute atomic E-state index is 0. The van der Waals surface area contributed by atoms with Gasteiger partial charge in [-0.2, -0.15) is 0 Å². The summed E-state index contributed by atoms with van der Waals surface area (Å²) in [6.45, 7) is 4.34. The van der Waals surface area contributed by atoms with Gasteiger partial charge >= 0.3 is 0 Å². The van der Waals surface area contributed by atoms with Gasteiger partial charge < -0.3 is 10.6 Å². The molecule has 0 spiro atoms.